The van der Waals surface area contributed by atoms with E-state index >= 15 is 0 Å². The van der Waals surface area contributed by atoms with E-state index in [4.69, 9.17) is 10.5 Å². The summed E-state index contributed by atoms with van der Waals surface area (Å²) < 4.78 is 4.83. The van der Waals surface area contributed by atoms with Crippen LogP contribution in [0.2, 0.25) is 0 Å². The molecule has 0 bridgehead atoms. The summed E-state index contributed by atoms with van der Waals surface area (Å²) in [6.45, 7) is 0.446. The van der Waals surface area contributed by atoms with Crippen LogP contribution in [-0.4, -0.2) is 19.6 Å². The average Bonchev–Trinajstić information content (AvgIpc) is 2.62. The number of methoxy groups -OCH3 is 1. The number of hydrogen-bond acceptors (Lipinski definition) is 3. The van der Waals surface area contributed by atoms with Crippen LogP contribution in [0.25, 0.3) is 0 Å². The molecule has 0 aliphatic heterocycles. The lowest BCUT2D eigenvalue weighted by molar-refractivity contribution is -0.168. The molecule has 0 heterocycles. The molecule has 0 saturated heterocycles. The number of esters is 1. The van der Waals surface area contributed by atoms with Gasteiger partial charge in [-0.2, -0.15) is 0 Å². The van der Waals surface area contributed by atoms with Crippen molar-refractivity contribution >= 4 is 5.97 Å². The maximum atomic E-state index is 11.6. The van der Waals surface area contributed by atoms with Gasteiger partial charge in [-0.3, -0.25) is 4.79 Å². The summed E-state index contributed by atoms with van der Waals surface area (Å²) in [6, 6.07) is 0. The highest BCUT2D eigenvalue weighted by molar-refractivity contribution is 5.78. The van der Waals surface area contributed by atoms with E-state index in [1.54, 1.807) is 0 Å². The van der Waals surface area contributed by atoms with Crippen LogP contribution in [0.15, 0.2) is 0 Å². The monoisotopic (exact) mass is 197 g/mol. The lowest BCUT2D eigenvalue weighted by Gasteiger charge is -2.52. The molecule has 2 rings (SSSR count). The number of rotatable bonds is 2. The molecule has 80 valence electrons. The molecular weight excluding hydrogens is 178 g/mol. The van der Waals surface area contributed by atoms with E-state index in [2.05, 4.69) is 0 Å². The third kappa shape index (κ3) is 1.26. The fourth-order valence-corrected chi connectivity index (χ4v) is 3.45. The molecule has 2 aliphatic rings. The van der Waals surface area contributed by atoms with Crippen molar-refractivity contribution in [2.75, 3.05) is 13.7 Å². The van der Waals surface area contributed by atoms with Gasteiger partial charge in [0.15, 0.2) is 0 Å². The Labute approximate surface area is 85.0 Å². The summed E-state index contributed by atoms with van der Waals surface area (Å²) in [6.07, 6.45) is 7.13. The topological polar surface area (TPSA) is 52.3 Å². The van der Waals surface area contributed by atoms with Gasteiger partial charge in [-0.25, -0.2) is 0 Å². The Morgan fingerprint density at radius 1 is 1.36 bits per heavy atom. The number of hydrogen-bond donors (Lipinski definition) is 1. The molecule has 0 aromatic heterocycles. The van der Waals surface area contributed by atoms with Gasteiger partial charge in [-0.05, 0) is 31.1 Å². The molecule has 0 atom stereocenters. The Bertz CT molecular complexity index is 236. The van der Waals surface area contributed by atoms with Crippen molar-refractivity contribution in [1.29, 1.82) is 0 Å². The minimum atomic E-state index is -0.334. The Morgan fingerprint density at radius 3 is 2.36 bits per heavy atom. The average molecular weight is 197 g/mol. The minimum Gasteiger partial charge on any atom is -0.469 e. The lowest BCUT2D eigenvalue weighted by atomic mass is 9.52. The van der Waals surface area contributed by atoms with E-state index in [1.165, 1.54) is 32.8 Å². The van der Waals surface area contributed by atoms with E-state index < -0.39 is 0 Å². The van der Waals surface area contributed by atoms with Crippen molar-refractivity contribution in [1.82, 2.24) is 0 Å². The third-order valence-electron chi connectivity index (χ3n) is 4.10. The van der Waals surface area contributed by atoms with Gasteiger partial charge in [0.2, 0.25) is 0 Å². The maximum Gasteiger partial charge on any atom is 0.313 e. The molecular formula is C11H19NO2. The summed E-state index contributed by atoms with van der Waals surface area (Å²) in [4.78, 5) is 11.6. The van der Waals surface area contributed by atoms with Crippen molar-refractivity contribution in [3.05, 3.63) is 0 Å². The zero-order valence-corrected chi connectivity index (χ0v) is 8.84. The van der Waals surface area contributed by atoms with Crippen LogP contribution in [0.1, 0.15) is 38.5 Å². The number of carbonyl (C=O) groups is 1. The van der Waals surface area contributed by atoms with Crippen LogP contribution in [0.5, 0.6) is 0 Å². The Hall–Kier alpha value is -0.570. The van der Waals surface area contributed by atoms with Gasteiger partial charge in [0.05, 0.1) is 12.5 Å². The zero-order chi connectivity index (χ0) is 10.2. The summed E-state index contributed by atoms with van der Waals surface area (Å²) >= 11 is 0. The summed E-state index contributed by atoms with van der Waals surface area (Å²) in [5.74, 6) is -0.0995. The predicted molar refractivity (Wildman–Crippen MR) is 53.6 cm³/mol. The molecule has 14 heavy (non-hydrogen) atoms. The van der Waals surface area contributed by atoms with Crippen LogP contribution in [0.3, 0.4) is 0 Å². The highest BCUT2D eigenvalue weighted by Crippen LogP contribution is 2.62. The molecule has 2 saturated carbocycles. The third-order valence-corrected chi connectivity index (χ3v) is 4.10. The van der Waals surface area contributed by atoms with E-state index in [0.717, 1.165) is 12.8 Å². The van der Waals surface area contributed by atoms with Crippen LogP contribution < -0.4 is 5.73 Å². The highest BCUT2D eigenvalue weighted by atomic mass is 16.5. The fraction of sp³-hybridized carbons (Fsp3) is 0.909. The molecule has 3 heteroatoms. The van der Waals surface area contributed by atoms with Crippen LogP contribution in [0.4, 0.5) is 0 Å². The molecule has 0 radical (unpaired) electrons. The van der Waals surface area contributed by atoms with Crippen molar-refractivity contribution in [3.63, 3.8) is 0 Å². The van der Waals surface area contributed by atoms with Gasteiger partial charge < -0.3 is 10.5 Å². The first kappa shape index (κ1) is 9.97. The maximum absolute atomic E-state index is 11.6. The van der Waals surface area contributed by atoms with Gasteiger partial charge in [0.1, 0.15) is 0 Å². The first-order valence-corrected chi connectivity index (χ1v) is 5.45. The van der Waals surface area contributed by atoms with E-state index in [0.29, 0.717) is 12.0 Å². The number of ether oxygens (including phenoxy) is 1. The second kappa shape index (κ2) is 3.23. The van der Waals surface area contributed by atoms with Crippen LogP contribution >= 0.6 is 0 Å². The van der Waals surface area contributed by atoms with Gasteiger partial charge in [0, 0.05) is 6.54 Å². The molecule has 2 aliphatic carbocycles. The molecule has 0 aromatic carbocycles. The van der Waals surface area contributed by atoms with Crippen LogP contribution in [0, 0.1) is 10.8 Å². The van der Waals surface area contributed by atoms with Gasteiger partial charge >= 0.3 is 5.97 Å². The number of nitrogens with two attached hydrogens (primary N) is 1. The lowest BCUT2D eigenvalue weighted by Crippen LogP contribution is -2.54. The second-order valence-corrected chi connectivity index (χ2v) is 5.04. The van der Waals surface area contributed by atoms with E-state index in [1.807, 2.05) is 0 Å². The predicted octanol–water partition coefficient (Wildman–Crippen LogP) is 1.46. The van der Waals surface area contributed by atoms with Crippen molar-refractivity contribution < 1.29 is 9.53 Å². The summed E-state index contributed by atoms with van der Waals surface area (Å²) in [5, 5.41) is 0. The first-order valence-electron chi connectivity index (χ1n) is 5.45. The fourth-order valence-electron chi connectivity index (χ4n) is 3.45. The zero-order valence-electron chi connectivity index (χ0n) is 8.84. The molecule has 0 aromatic rings. The molecule has 1 spiro atoms. The van der Waals surface area contributed by atoms with Gasteiger partial charge in [-0.1, -0.05) is 12.8 Å². The van der Waals surface area contributed by atoms with Gasteiger partial charge in [-0.15, -0.1) is 0 Å². The number of carbonyl (C=O) groups excluding carboxylic acids is 1. The molecule has 0 amide bonds. The van der Waals surface area contributed by atoms with Crippen molar-refractivity contribution in [2.24, 2.45) is 16.6 Å². The molecule has 3 nitrogen and oxygen atoms in total. The summed E-state index contributed by atoms with van der Waals surface area (Å²) in [5.41, 5.74) is 5.81. The normalized spacial score (nSPS) is 27.3. The van der Waals surface area contributed by atoms with Crippen LogP contribution in [-0.2, 0) is 9.53 Å². The highest BCUT2D eigenvalue weighted by Gasteiger charge is 2.58. The Morgan fingerprint density at radius 2 is 1.93 bits per heavy atom. The quantitative estimate of drug-likeness (QED) is 0.682. The molecule has 2 N–H and O–H groups in total. The molecule has 0 unspecified atom stereocenters. The largest absolute Gasteiger partial charge is 0.469 e. The van der Waals surface area contributed by atoms with E-state index in [-0.39, 0.29) is 11.4 Å². The summed E-state index contributed by atoms with van der Waals surface area (Å²) in [7, 11) is 1.46. The molecule has 2 fully saturated rings. The van der Waals surface area contributed by atoms with E-state index in [9.17, 15) is 4.79 Å². The van der Waals surface area contributed by atoms with Gasteiger partial charge in [0.25, 0.3) is 0 Å². The van der Waals surface area contributed by atoms with Crippen molar-refractivity contribution in [2.45, 2.75) is 38.5 Å². The first-order chi connectivity index (χ1) is 6.66. The Kier molecular flexibility index (Phi) is 2.30. The second-order valence-electron chi connectivity index (χ2n) is 5.04. The Balaban J connectivity index is 2.03. The smallest absolute Gasteiger partial charge is 0.313 e. The standard InChI is InChI=1S/C11H19NO2/c1-14-9(13)11(8-12)6-10(7-11)4-2-3-5-10/h2-8,12H2,1H3. The van der Waals surface area contributed by atoms with Crippen molar-refractivity contribution in [3.8, 4) is 0 Å². The minimum absolute atomic E-state index is 0.0995. The SMILES string of the molecule is COC(=O)C1(CN)CC2(CCCC2)C1.